The van der Waals surface area contributed by atoms with Crippen LogP contribution in [0.3, 0.4) is 0 Å². The van der Waals surface area contributed by atoms with Crippen LogP contribution in [0.15, 0.2) is 27.0 Å². The molecule has 0 aliphatic carbocycles. The van der Waals surface area contributed by atoms with E-state index in [1.165, 1.54) is 0 Å². The summed E-state index contributed by atoms with van der Waals surface area (Å²) in [6, 6.07) is 0. The molecule has 0 spiro atoms. The van der Waals surface area contributed by atoms with Gasteiger partial charge < -0.3 is 11.2 Å². The first-order valence-corrected chi connectivity index (χ1v) is 2.89. The number of aliphatic imine (C=N–C) groups is 1. The van der Waals surface area contributed by atoms with E-state index in [1.54, 1.807) is 6.21 Å². The fraction of sp³-hybridized carbons (Fsp3) is 0.250. The van der Waals surface area contributed by atoms with E-state index in [4.69, 9.17) is 5.84 Å². The lowest BCUT2D eigenvalue weighted by molar-refractivity contribution is 0.599. The van der Waals surface area contributed by atoms with Gasteiger partial charge in [-0.2, -0.15) is 0 Å². The Hall–Kier alpha value is -1.33. The molecule has 0 saturated carbocycles. The molecule has 10 heavy (non-hydrogen) atoms. The highest BCUT2D eigenvalue weighted by Crippen LogP contribution is 1.95. The van der Waals surface area contributed by atoms with Crippen molar-refractivity contribution in [1.29, 1.82) is 0 Å². The molecule has 0 aromatic carbocycles. The molecule has 5 nitrogen and oxygen atoms in total. The third-order valence-corrected chi connectivity index (χ3v) is 1.06. The topological polar surface area (TPSA) is 75.1 Å². The fourth-order valence-electron chi connectivity index (χ4n) is 0.601. The molecule has 1 atom stereocenters. The molecule has 0 aromatic heterocycles. The van der Waals surface area contributed by atoms with Crippen molar-refractivity contribution in [1.82, 2.24) is 5.32 Å². The fourth-order valence-corrected chi connectivity index (χ4v) is 0.601. The maximum Gasteiger partial charge on any atom is 0.234 e. The quantitative estimate of drug-likeness (QED) is 0.205. The third-order valence-electron chi connectivity index (χ3n) is 1.06. The lowest BCUT2D eigenvalue weighted by Gasteiger charge is -2.10. The molecule has 0 amide bonds. The van der Waals surface area contributed by atoms with E-state index in [0.29, 0.717) is 0 Å². The number of allylic oxidation sites excluding steroid dienone is 1. The van der Waals surface area contributed by atoms with E-state index in [0.717, 1.165) is 5.47 Å². The SMILES string of the molecule is BC1=CNC(N=NN)N=C1. The summed E-state index contributed by atoms with van der Waals surface area (Å²) < 4.78 is 0. The first kappa shape index (κ1) is 6.79. The zero-order chi connectivity index (χ0) is 7.40. The van der Waals surface area contributed by atoms with Gasteiger partial charge in [0, 0.05) is 6.21 Å². The second kappa shape index (κ2) is 3.00. The Balaban J connectivity index is 2.52. The van der Waals surface area contributed by atoms with Crippen molar-refractivity contribution < 1.29 is 0 Å². The van der Waals surface area contributed by atoms with Gasteiger partial charge >= 0.3 is 0 Å². The number of nitrogens with zero attached hydrogens (tertiary/aromatic N) is 3. The first-order chi connectivity index (χ1) is 4.83. The molecule has 1 heterocycles. The van der Waals surface area contributed by atoms with E-state index >= 15 is 0 Å². The standard InChI is InChI=1S/C4H8BN5/c5-3-1-7-4(8-2-3)9-10-6/h1-2,4,7H,5H2,(H2,6,9). The Morgan fingerprint density at radius 3 is 3.10 bits per heavy atom. The molecule has 0 bridgehead atoms. The highest BCUT2D eigenvalue weighted by atomic mass is 15.4. The number of hydrogen-bond acceptors (Lipinski definition) is 4. The smallest absolute Gasteiger partial charge is 0.234 e. The van der Waals surface area contributed by atoms with Crippen LogP contribution in [0.1, 0.15) is 0 Å². The summed E-state index contributed by atoms with van der Waals surface area (Å²) in [6.45, 7) is 0. The van der Waals surface area contributed by atoms with Crippen LogP contribution >= 0.6 is 0 Å². The molecule has 6 heteroatoms. The largest absolute Gasteiger partial charge is 0.351 e. The Morgan fingerprint density at radius 2 is 2.60 bits per heavy atom. The van der Waals surface area contributed by atoms with Gasteiger partial charge in [-0.3, -0.25) is 0 Å². The molecule has 3 N–H and O–H groups in total. The Labute approximate surface area is 59.5 Å². The van der Waals surface area contributed by atoms with Gasteiger partial charge in [0.1, 0.15) is 7.85 Å². The summed E-state index contributed by atoms with van der Waals surface area (Å²) >= 11 is 0. The lowest BCUT2D eigenvalue weighted by Crippen LogP contribution is -2.23. The molecular formula is C4H8BN5. The van der Waals surface area contributed by atoms with Crippen molar-refractivity contribution in [2.24, 2.45) is 21.2 Å². The van der Waals surface area contributed by atoms with Crippen molar-refractivity contribution in [3.8, 4) is 0 Å². The molecule has 1 unspecified atom stereocenters. The van der Waals surface area contributed by atoms with Gasteiger partial charge in [-0.1, -0.05) is 10.7 Å². The molecule has 1 rings (SSSR count). The molecule has 1 aliphatic heterocycles. The lowest BCUT2D eigenvalue weighted by atomic mass is 9.98. The molecule has 1 aliphatic rings. The number of hydrogen-bond donors (Lipinski definition) is 2. The molecular weight excluding hydrogens is 129 g/mol. The zero-order valence-electron chi connectivity index (χ0n) is 5.65. The Kier molecular flexibility index (Phi) is 2.04. The molecule has 0 fully saturated rings. The summed E-state index contributed by atoms with van der Waals surface area (Å²) in [4.78, 5) is 3.96. The van der Waals surface area contributed by atoms with Crippen LogP contribution in [-0.2, 0) is 0 Å². The third kappa shape index (κ3) is 1.58. The molecule has 0 radical (unpaired) electrons. The monoisotopic (exact) mass is 137 g/mol. The van der Waals surface area contributed by atoms with Crippen molar-refractivity contribution in [3.05, 3.63) is 11.7 Å². The second-order valence-electron chi connectivity index (χ2n) is 1.94. The van der Waals surface area contributed by atoms with Crippen LogP contribution in [0.5, 0.6) is 0 Å². The molecule has 0 aromatic rings. The van der Waals surface area contributed by atoms with E-state index in [9.17, 15) is 0 Å². The average molecular weight is 137 g/mol. The minimum atomic E-state index is -0.339. The van der Waals surface area contributed by atoms with Gasteiger partial charge in [-0.05, 0) is 6.20 Å². The second-order valence-corrected chi connectivity index (χ2v) is 1.94. The number of rotatable bonds is 1. The number of nitrogens with one attached hydrogen (secondary N) is 1. The van der Waals surface area contributed by atoms with Gasteiger partial charge in [0.25, 0.3) is 0 Å². The van der Waals surface area contributed by atoms with Crippen LogP contribution in [0.4, 0.5) is 0 Å². The minimum absolute atomic E-state index is 0.339. The van der Waals surface area contributed by atoms with Crippen LogP contribution in [0.25, 0.3) is 0 Å². The summed E-state index contributed by atoms with van der Waals surface area (Å²) in [5.74, 6) is 4.82. The summed E-state index contributed by atoms with van der Waals surface area (Å²) in [7, 11) is 1.94. The van der Waals surface area contributed by atoms with E-state index in [2.05, 4.69) is 20.6 Å². The van der Waals surface area contributed by atoms with Crippen LogP contribution in [0, 0.1) is 0 Å². The number of nitrogens with two attached hydrogens (primary N) is 1. The maximum atomic E-state index is 4.82. The van der Waals surface area contributed by atoms with Gasteiger partial charge in [0.15, 0.2) is 0 Å². The molecule has 52 valence electrons. The van der Waals surface area contributed by atoms with Crippen LogP contribution in [0.2, 0.25) is 0 Å². The molecule has 0 saturated heterocycles. The predicted octanol–water partition coefficient (Wildman–Crippen LogP) is -1.26. The summed E-state index contributed by atoms with van der Waals surface area (Å²) in [6.07, 6.45) is 3.19. The van der Waals surface area contributed by atoms with Gasteiger partial charge in [0.05, 0.1) is 0 Å². The first-order valence-electron chi connectivity index (χ1n) is 2.89. The zero-order valence-corrected chi connectivity index (χ0v) is 5.65. The van der Waals surface area contributed by atoms with Crippen LogP contribution < -0.4 is 11.2 Å². The van der Waals surface area contributed by atoms with Crippen LogP contribution in [-0.4, -0.2) is 20.4 Å². The summed E-state index contributed by atoms with van der Waals surface area (Å²) in [5, 5.41) is 9.54. The highest BCUT2D eigenvalue weighted by molar-refractivity contribution is 6.32. The van der Waals surface area contributed by atoms with E-state index in [1.807, 2.05) is 14.0 Å². The Bertz CT molecular complexity index is 196. The average Bonchev–Trinajstić information content (AvgIpc) is 1.95. The van der Waals surface area contributed by atoms with Crippen molar-refractivity contribution in [2.75, 3.05) is 0 Å². The normalized spacial score (nSPS) is 24.4. The summed E-state index contributed by atoms with van der Waals surface area (Å²) in [5.41, 5.74) is 1.06. The van der Waals surface area contributed by atoms with E-state index < -0.39 is 0 Å². The Morgan fingerprint density at radius 1 is 1.80 bits per heavy atom. The van der Waals surface area contributed by atoms with Gasteiger partial charge in [0.2, 0.25) is 6.29 Å². The maximum absolute atomic E-state index is 4.82. The van der Waals surface area contributed by atoms with Crippen molar-refractivity contribution >= 4 is 14.1 Å². The van der Waals surface area contributed by atoms with Crippen molar-refractivity contribution in [3.63, 3.8) is 0 Å². The van der Waals surface area contributed by atoms with Crippen molar-refractivity contribution in [2.45, 2.75) is 6.29 Å². The van der Waals surface area contributed by atoms with Gasteiger partial charge in [-0.25, -0.2) is 4.99 Å². The van der Waals surface area contributed by atoms with Gasteiger partial charge in [-0.15, -0.1) is 5.11 Å². The highest BCUT2D eigenvalue weighted by Gasteiger charge is 2.02. The van der Waals surface area contributed by atoms with E-state index in [-0.39, 0.29) is 6.29 Å². The minimum Gasteiger partial charge on any atom is -0.351 e. The predicted molar refractivity (Wildman–Crippen MR) is 41.1 cm³/mol.